The summed E-state index contributed by atoms with van der Waals surface area (Å²) in [6, 6.07) is 32.1. The fourth-order valence-corrected chi connectivity index (χ4v) is 6.15. The van der Waals surface area contributed by atoms with Gasteiger partial charge in [-0.05, 0) is 41.4 Å². The average Bonchev–Trinajstić information content (AvgIpc) is 3.70. The van der Waals surface area contributed by atoms with Gasteiger partial charge in [0.05, 0.1) is 0 Å². The van der Waals surface area contributed by atoms with E-state index in [4.69, 9.17) is 0 Å². The summed E-state index contributed by atoms with van der Waals surface area (Å²) in [6.45, 7) is 2.72. The Bertz CT molecular complexity index is 998. The van der Waals surface area contributed by atoms with Gasteiger partial charge in [-0.25, -0.2) is 0 Å². The number of likely N-dealkylation sites (tertiary alicyclic amines) is 1. The highest BCUT2D eigenvalue weighted by Gasteiger charge is 2.74. The highest BCUT2D eigenvalue weighted by molar-refractivity contribution is 5.99. The van der Waals surface area contributed by atoms with Crippen LogP contribution in [0.2, 0.25) is 0 Å². The lowest BCUT2D eigenvalue weighted by atomic mass is 9.77. The van der Waals surface area contributed by atoms with Crippen LogP contribution in [0.1, 0.15) is 41.4 Å². The number of ketones is 1. The van der Waals surface area contributed by atoms with Gasteiger partial charge in [-0.15, -0.1) is 0 Å². The minimum Gasteiger partial charge on any atom is -0.298 e. The molecule has 2 spiro atoms. The van der Waals surface area contributed by atoms with Gasteiger partial charge in [-0.2, -0.15) is 0 Å². The van der Waals surface area contributed by atoms with Crippen LogP contribution < -0.4 is 0 Å². The summed E-state index contributed by atoms with van der Waals surface area (Å²) in [5.41, 5.74) is 3.61. The quantitative estimate of drug-likeness (QED) is 0.590. The molecule has 0 N–H and O–H groups in total. The SMILES string of the molecule is O=C1[C@]2(C[C@@H]2c2ccccc2)CN(Cc2ccccc2)C[C@@]12C[C@H]2c1ccccc1. The number of benzene rings is 3. The lowest BCUT2D eigenvalue weighted by Crippen LogP contribution is -2.50. The zero-order valence-electron chi connectivity index (χ0n) is 17.2. The van der Waals surface area contributed by atoms with E-state index in [2.05, 4.69) is 95.9 Å². The molecular weight excluding hydrogens is 366 g/mol. The first kappa shape index (κ1) is 18.1. The molecule has 150 valence electrons. The van der Waals surface area contributed by atoms with E-state index in [1.807, 2.05) is 0 Å². The van der Waals surface area contributed by atoms with Gasteiger partial charge in [-0.1, -0.05) is 91.0 Å². The van der Waals surface area contributed by atoms with Crippen LogP contribution in [0.5, 0.6) is 0 Å². The van der Waals surface area contributed by atoms with E-state index in [1.54, 1.807) is 0 Å². The fraction of sp³-hybridized carbons (Fsp3) is 0.321. The van der Waals surface area contributed by atoms with E-state index in [0.29, 0.717) is 17.6 Å². The molecule has 1 aliphatic heterocycles. The van der Waals surface area contributed by atoms with Crippen LogP contribution in [0.25, 0.3) is 0 Å². The molecule has 0 radical (unpaired) electrons. The number of hydrogen-bond donors (Lipinski definition) is 0. The molecule has 3 aliphatic rings. The fourth-order valence-electron chi connectivity index (χ4n) is 6.15. The summed E-state index contributed by atoms with van der Waals surface area (Å²) < 4.78 is 0. The van der Waals surface area contributed by atoms with Crippen molar-refractivity contribution in [1.82, 2.24) is 4.90 Å². The lowest BCUT2D eigenvalue weighted by molar-refractivity contribution is -0.135. The second-order valence-corrected chi connectivity index (χ2v) is 9.61. The van der Waals surface area contributed by atoms with Crippen molar-refractivity contribution in [3.05, 3.63) is 108 Å². The second kappa shape index (κ2) is 6.65. The molecule has 3 aromatic rings. The van der Waals surface area contributed by atoms with Gasteiger partial charge in [-0.3, -0.25) is 9.69 Å². The average molecular weight is 394 g/mol. The molecule has 1 heterocycles. The normalized spacial score (nSPS) is 32.5. The number of Topliss-reactive ketones (excluding diaryl/α,β-unsaturated/α-hetero) is 1. The van der Waals surface area contributed by atoms with E-state index in [-0.39, 0.29) is 10.8 Å². The van der Waals surface area contributed by atoms with Gasteiger partial charge in [0.1, 0.15) is 5.78 Å². The Balaban J connectivity index is 1.34. The largest absolute Gasteiger partial charge is 0.298 e. The minimum atomic E-state index is -0.197. The van der Waals surface area contributed by atoms with Crippen molar-refractivity contribution in [3.8, 4) is 0 Å². The van der Waals surface area contributed by atoms with Gasteiger partial charge >= 0.3 is 0 Å². The summed E-state index contributed by atoms with van der Waals surface area (Å²) in [6.07, 6.45) is 2.01. The standard InChI is InChI=1S/C28H27NO/c30-26-27(16-24(27)22-12-6-2-7-13-22)19-29(18-21-10-4-1-5-11-21)20-28(26)17-25(28)23-14-8-3-9-15-23/h1-15,24-25H,16-20H2/t24-,25+,27-,28-/m1/s1. The molecule has 6 rings (SSSR count). The van der Waals surface area contributed by atoms with Gasteiger partial charge in [0.25, 0.3) is 0 Å². The lowest BCUT2D eigenvalue weighted by Gasteiger charge is -2.39. The Morgan fingerprint density at radius 2 is 1.10 bits per heavy atom. The van der Waals surface area contributed by atoms with Crippen LogP contribution in [-0.4, -0.2) is 23.8 Å². The first-order valence-corrected chi connectivity index (χ1v) is 11.1. The third kappa shape index (κ3) is 2.78. The first-order valence-electron chi connectivity index (χ1n) is 11.1. The van der Waals surface area contributed by atoms with Crippen LogP contribution in [0, 0.1) is 10.8 Å². The van der Waals surface area contributed by atoms with E-state index < -0.39 is 0 Å². The number of carbonyl (C=O) groups is 1. The molecule has 1 saturated heterocycles. The number of piperidine rings is 1. The van der Waals surface area contributed by atoms with Crippen molar-refractivity contribution in [3.63, 3.8) is 0 Å². The molecule has 0 unspecified atom stereocenters. The Kier molecular flexibility index (Phi) is 4.01. The molecule has 0 bridgehead atoms. The van der Waals surface area contributed by atoms with Crippen molar-refractivity contribution in [2.45, 2.75) is 31.2 Å². The molecule has 2 saturated carbocycles. The summed E-state index contributed by atoms with van der Waals surface area (Å²) in [4.78, 5) is 16.6. The first-order chi connectivity index (χ1) is 14.7. The van der Waals surface area contributed by atoms with E-state index >= 15 is 0 Å². The topological polar surface area (TPSA) is 20.3 Å². The Morgan fingerprint density at radius 1 is 0.667 bits per heavy atom. The highest BCUT2D eigenvalue weighted by atomic mass is 16.1. The van der Waals surface area contributed by atoms with E-state index in [1.165, 1.54) is 16.7 Å². The molecule has 3 aromatic carbocycles. The summed E-state index contributed by atoms with van der Waals surface area (Å²) in [5, 5.41) is 0. The maximum atomic E-state index is 14.0. The number of rotatable bonds is 4. The third-order valence-corrected chi connectivity index (χ3v) is 7.72. The molecule has 3 fully saturated rings. The van der Waals surface area contributed by atoms with Gasteiger partial charge < -0.3 is 0 Å². The number of hydrogen-bond acceptors (Lipinski definition) is 2. The smallest absolute Gasteiger partial charge is 0.148 e. The van der Waals surface area contributed by atoms with Crippen LogP contribution in [0.15, 0.2) is 91.0 Å². The maximum absolute atomic E-state index is 14.0. The summed E-state index contributed by atoms with van der Waals surface area (Å²) in [5.74, 6) is 1.29. The second-order valence-electron chi connectivity index (χ2n) is 9.61. The van der Waals surface area contributed by atoms with Crippen molar-refractivity contribution >= 4 is 5.78 Å². The van der Waals surface area contributed by atoms with Crippen molar-refractivity contribution in [2.75, 3.05) is 13.1 Å². The van der Waals surface area contributed by atoms with Crippen LogP contribution in [0.3, 0.4) is 0 Å². The third-order valence-electron chi connectivity index (χ3n) is 7.72. The minimum absolute atomic E-state index is 0.197. The molecule has 2 nitrogen and oxygen atoms in total. The molecule has 30 heavy (non-hydrogen) atoms. The zero-order valence-corrected chi connectivity index (χ0v) is 17.2. The van der Waals surface area contributed by atoms with Gasteiger partial charge in [0.15, 0.2) is 0 Å². The highest BCUT2D eigenvalue weighted by Crippen LogP contribution is 2.72. The maximum Gasteiger partial charge on any atom is 0.148 e. The monoisotopic (exact) mass is 393 g/mol. The van der Waals surface area contributed by atoms with Crippen LogP contribution in [-0.2, 0) is 11.3 Å². The Labute approximate surface area is 178 Å². The molecule has 0 amide bonds. The molecule has 2 aliphatic carbocycles. The Hall–Kier alpha value is -2.71. The molecule has 4 atom stereocenters. The van der Waals surface area contributed by atoms with Crippen LogP contribution in [0.4, 0.5) is 0 Å². The molecule has 2 heteroatoms. The molecular formula is C28H27NO. The van der Waals surface area contributed by atoms with Crippen molar-refractivity contribution in [1.29, 1.82) is 0 Å². The van der Waals surface area contributed by atoms with Crippen molar-refractivity contribution < 1.29 is 4.79 Å². The summed E-state index contributed by atoms with van der Waals surface area (Å²) >= 11 is 0. The van der Waals surface area contributed by atoms with Crippen molar-refractivity contribution in [2.24, 2.45) is 10.8 Å². The number of carbonyl (C=O) groups excluding carboxylic acids is 1. The summed E-state index contributed by atoms with van der Waals surface area (Å²) in [7, 11) is 0. The Morgan fingerprint density at radius 3 is 1.57 bits per heavy atom. The predicted octanol–water partition coefficient (Wildman–Crippen LogP) is 5.42. The van der Waals surface area contributed by atoms with Gasteiger partial charge in [0.2, 0.25) is 0 Å². The van der Waals surface area contributed by atoms with E-state index in [9.17, 15) is 4.79 Å². The predicted molar refractivity (Wildman–Crippen MR) is 119 cm³/mol. The van der Waals surface area contributed by atoms with E-state index in [0.717, 1.165) is 32.5 Å². The zero-order chi connectivity index (χ0) is 20.2. The number of nitrogens with zero attached hydrogens (tertiary/aromatic N) is 1. The van der Waals surface area contributed by atoms with Crippen LogP contribution >= 0.6 is 0 Å². The molecule has 0 aromatic heterocycles. The van der Waals surface area contributed by atoms with Gasteiger partial charge in [0, 0.05) is 30.5 Å².